The molecule has 0 fully saturated rings. The summed E-state index contributed by atoms with van der Waals surface area (Å²) in [6, 6.07) is 0.666. The molecule has 0 aliphatic heterocycles. The average molecular weight is 220 g/mol. The standard InChI is InChI=1S/C8H7F3N2O2/c1-15-8(14)5-3(6(9)10)2-4(12)7(11)13-5/h2,6H,12H2,1H3. The molecule has 0 aromatic carbocycles. The van der Waals surface area contributed by atoms with Gasteiger partial charge in [-0.25, -0.2) is 18.6 Å². The fourth-order valence-electron chi connectivity index (χ4n) is 0.949. The summed E-state index contributed by atoms with van der Waals surface area (Å²) < 4.78 is 41.8. The van der Waals surface area contributed by atoms with Crippen LogP contribution < -0.4 is 5.73 Å². The van der Waals surface area contributed by atoms with Crippen LogP contribution in [0.1, 0.15) is 22.5 Å². The average Bonchev–Trinajstić information content (AvgIpc) is 2.20. The molecule has 1 rings (SSSR count). The normalized spacial score (nSPS) is 10.5. The van der Waals surface area contributed by atoms with Crippen molar-refractivity contribution in [3.8, 4) is 0 Å². The van der Waals surface area contributed by atoms with E-state index in [1.54, 1.807) is 0 Å². The molecule has 1 heterocycles. The van der Waals surface area contributed by atoms with Gasteiger partial charge in [-0.2, -0.15) is 4.39 Å². The van der Waals surface area contributed by atoms with E-state index in [-0.39, 0.29) is 0 Å². The molecular weight excluding hydrogens is 213 g/mol. The molecule has 82 valence electrons. The van der Waals surface area contributed by atoms with Crippen molar-refractivity contribution in [1.82, 2.24) is 4.98 Å². The van der Waals surface area contributed by atoms with Crippen LogP contribution in [0, 0.1) is 5.95 Å². The number of pyridine rings is 1. The van der Waals surface area contributed by atoms with Gasteiger partial charge in [-0.05, 0) is 6.07 Å². The highest BCUT2D eigenvalue weighted by Crippen LogP contribution is 2.25. The number of halogens is 3. The Morgan fingerprint density at radius 1 is 1.60 bits per heavy atom. The maximum absolute atomic E-state index is 12.8. The van der Waals surface area contributed by atoms with Gasteiger partial charge in [-0.15, -0.1) is 0 Å². The second-order valence-corrected chi connectivity index (χ2v) is 2.60. The predicted molar refractivity (Wildman–Crippen MR) is 44.9 cm³/mol. The maximum Gasteiger partial charge on any atom is 0.357 e. The highest BCUT2D eigenvalue weighted by molar-refractivity contribution is 5.89. The zero-order valence-corrected chi connectivity index (χ0v) is 7.63. The molecule has 0 unspecified atom stereocenters. The largest absolute Gasteiger partial charge is 0.464 e. The second kappa shape index (κ2) is 4.16. The van der Waals surface area contributed by atoms with Crippen molar-refractivity contribution in [1.29, 1.82) is 0 Å². The Kier molecular flexibility index (Phi) is 3.13. The summed E-state index contributed by atoms with van der Waals surface area (Å²) in [7, 11) is 0.980. The van der Waals surface area contributed by atoms with E-state index in [4.69, 9.17) is 5.73 Å². The van der Waals surface area contributed by atoms with Crippen LogP contribution in [-0.4, -0.2) is 18.1 Å². The molecule has 1 aromatic heterocycles. The number of methoxy groups -OCH3 is 1. The van der Waals surface area contributed by atoms with Gasteiger partial charge in [0.25, 0.3) is 6.43 Å². The number of nitrogens with two attached hydrogens (primary N) is 1. The number of nitrogen functional groups attached to an aromatic ring is 1. The lowest BCUT2D eigenvalue weighted by Crippen LogP contribution is -2.12. The molecule has 2 N–H and O–H groups in total. The van der Waals surface area contributed by atoms with Crippen LogP contribution in [0.3, 0.4) is 0 Å². The van der Waals surface area contributed by atoms with Crippen molar-refractivity contribution < 1.29 is 22.7 Å². The van der Waals surface area contributed by atoms with Crippen molar-refractivity contribution in [2.45, 2.75) is 6.43 Å². The fourth-order valence-corrected chi connectivity index (χ4v) is 0.949. The van der Waals surface area contributed by atoms with Crippen LogP contribution in [0.5, 0.6) is 0 Å². The third-order valence-corrected chi connectivity index (χ3v) is 1.65. The van der Waals surface area contributed by atoms with Crippen LogP contribution in [0.4, 0.5) is 18.9 Å². The van der Waals surface area contributed by atoms with Crippen molar-refractivity contribution in [3.05, 3.63) is 23.3 Å². The van der Waals surface area contributed by atoms with Crippen LogP contribution in [0.25, 0.3) is 0 Å². The summed E-state index contributed by atoms with van der Waals surface area (Å²) in [4.78, 5) is 14.0. The number of esters is 1. The second-order valence-electron chi connectivity index (χ2n) is 2.60. The number of rotatable bonds is 2. The summed E-state index contributed by atoms with van der Waals surface area (Å²) in [5.74, 6) is -2.32. The van der Waals surface area contributed by atoms with Gasteiger partial charge >= 0.3 is 5.97 Å². The third-order valence-electron chi connectivity index (χ3n) is 1.65. The van der Waals surface area contributed by atoms with Crippen LogP contribution >= 0.6 is 0 Å². The summed E-state index contributed by atoms with van der Waals surface area (Å²) in [6.07, 6.45) is -2.98. The monoisotopic (exact) mass is 220 g/mol. The van der Waals surface area contributed by atoms with E-state index in [0.717, 1.165) is 7.11 Å². The Hall–Kier alpha value is -1.79. The lowest BCUT2D eigenvalue weighted by molar-refractivity contribution is 0.0580. The number of carbonyl (C=O) groups is 1. The van der Waals surface area contributed by atoms with Crippen LogP contribution in [0.2, 0.25) is 0 Å². The van der Waals surface area contributed by atoms with Crippen molar-refractivity contribution >= 4 is 11.7 Å². The molecule has 0 spiro atoms. The van der Waals surface area contributed by atoms with E-state index >= 15 is 0 Å². The summed E-state index contributed by atoms with van der Waals surface area (Å²) in [6.45, 7) is 0. The van der Waals surface area contributed by atoms with E-state index in [0.29, 0.717) is 6.07 Å². The lowest BCUT2D eigenvalue weighted by Gasteiger charge is -2.07. The van der Waals surface area contributed by atoms with Gasteiger partial charge in [0, 0.05) is 0 Å². The Morgan fingerprint density at radius 2 is 2.20 bits per heavy atom. The minimum atomic E-state index is -2.98. The molecule has 0 bridgehead atoms. The molecule has 1 aromatic rings. The number of nitrogens with zero attached hydrogens (tertiary/aromatic N) is 1. The smallest absolute Gasteiger partial charge is 0.357 e. The summed E-state index contributed by atoms with van der Waals surface area (Å²) >= 11 is 0. The fraction of sp³-hybridized carbons (Fsp3) is 0.250. The molecule has 15 heavy (non-hydrogen) atoms. The van der Waals surface area contributed by atoms with E-state index in [9.17, 15) is 18.0 Å². The van der Waals surface area contributed by atoms with E-state index in [1.165, 1.54) is 0 Å². The Labute approximate surface area is 82.9 Å². The SMILES string of the molecule is COC(=O)c1nc(F)c(N)cc1C(F)F. The number of carbonyl (C=O) groups excluding carboxylic acids is 1. The number of hydrogen-bond acceptors (Lipinski definition) is 4. The molecule has 0 amide bonds. The van der Waals surface area contributed by atoms with E-state index in [2.05, 4.69) is 9.72 Å². The lowest BCUT2D eigenvalue weighted by atomic mass is 10.2. The molecule has 0 aliphatic carbocycles. The Balaban J connectivity index is 3.34. The number of hydrogen-bond donors (Lipinski definition) is 1. The minimum Gasteiger partial charge on any atom is -0.464 e. The Bertz CT molecular complexity index is 396. The summed E-state index contributed by atoms with van der Waals surface area (Å²) in [5, 5.41) is 0. The molecule has 0 saturated carbocycles. The quantitative estimate of drug-likeness (QED) is 0.606. The van der Waals surface area contributed by atoms with Gasteiger partial charge in [0.1, 0.15) is 0 Å². The van der Waals surface area contributed by atoms with Gasteiger partial charge in [0.15, 0.2) is 5.69 Å². The van der Waals surface area contributed by atoms with Crippen LogP contribution in [-0.2, 0) is 4.74 Å². The first-order chi connectivity index (χ1) is 6.97. The number of aromatic nitrogens is 1. The van der Waals surface area contributed by atoms with Gasteiger partial charge in [0.05, 0.1) is 18.4 Å². The first-order valence-electron chi connectivity index (χ1n) is 3.79. The van der Waals surface area contributed by atoms with E-state index < -0.39 is 35.3 Å². The molecule has 7 heteroatoms. The van der Waals surface area contributed by atoms with Crippen molar-refractivity contribution in [3.63, 3.8) is 0 Å². The van der Waals surface area contributed by atoms with Crippen molar-refractivity contribution in [2.75, 3.05) is 12.8 Å². The van der Waals surface area contributed by atoms with E-state index in [1.807, 2.05) is 0 Å². The molecular formula is C8H7F3N2O2. The highest BCUT2D eigenvalue weighted by atomic mass is 19.3. The van der Waals surface area contributed by atoms with Gasteiger partial charge in [0.2, 0.25) is 5.95 Å². The van der Waals surface area contributed by atoms with Gasteiger partial charge < -0.3 is 10.5 Å². The third kappa shape index (κ3) is 2.17. The number of ether oxygens (including phenoxy) is 1. The zero-order chi connectivity index (χ0) is 11.6. The van der Waals surface area contributed by atoms with Crippen LogP contribution in [0.15, 0.2) is 6.07 Å². The zero-order valence-electron chi connectivity index (χ0n) is 7.63. The van der Waals surface area contributed by atoms with Crippen molar-refractivity contribution in [2.24, 2.45) is 0 Å². The maximum atomic E-state index is 12.8. The number of anilines is 1. The molecule has 0 saturated heterocycles. The Morgan fingerprint density at radius 3 is 2.67 bits per heavy atom. The predicted octanol–water partition coefficient (Wildman–Crippen LogP) is 1.53. The van der Waals surface area contributed by atoms with Gasteiger partial charge in [-0.3, -0.25) is 0 Å². The topological polar surface area (TPSA) is 65.2 Å². The molecule has 0 atom stereocenters. The molecule has 0 radical (unpaired) electrons. The highest BCUT2D eigenvalue weighted by Gasteiger charge is 2.23. The molecule has 0 aliphatic rings. The first kappa shape index (κ1) is 11.3. The first-order valence-corrected chi connectivity index (χ1v) is 3.79. The van der Waals surface area contributed by atoms with Gasteiger partial charge in [-0.1, -0.05) is 0 Å². The summed E-state index contributed by atoms with van der Waals surface area (Å²) in [5.41, 5.74) is 2.99. The number of alkyl halides is 2. The molecule has 4 nitrogen and oxygen atoms in total. The minimum absolute atomic E-state index is 0.544.